The maximum absolute atomic E-state index is 12.8. The van der Waals surface area contributed by atoms with E-state index in [0.29, 0.717) is 45.1 Å². The normalized spacial score (nSPS) is 19.2. The molecular weight excluding hydrogens is 668 g/mol. The molecule has 0 aromatic heterocycles. The zero-order chi connectivity index (χ0) is 36.5. The van der Waals surface area contributed by atoms with E-state index in [2.05, 4.69) is 10.6 Å². The third kappa shape index (κ3) is 8.73. The molecule has 4 aromatic rings. The molecule has 266 valence electrons. The van der Waals surface area contributed by atoms with Crippen molar-refractivity contribution in [2.75, 3.05) is 38.1 Å². The van der Waals surface area contributed by atoms with Crippen molar-refractivity contribution in [3.8, 4) is 11.5 Å². The van der Waals surface area contributed by atoms with Gasteiger partial charge in [-0.25, -0.2) is 9.59 Å². The van der Waals surface area contributed by atoms with Gasteiger partial charge in [0, 0.05) is 57.9 Å². The maximum Gasteiger partial charge on any atom is 0.331 e. The Balaban J connectivity index is 0.990. The van der Waals surface area contributed by atoms with Gasteiger partial charge in [-0.3, -0.25) is 9.59 Å². The molecule has 2 fully saturated rings. The van der Waals surface area contributed by atoms with Crippen LogP contribution in [0.2, 0.25) is 0 Å². The molecule has 2 N–H and O–H groups in total. The Bertz CT molecular complexity index is 1840. The van der Waals surface area contributed by atoms with Crippen molar-refractivity contribution in [1.29, 1.82) is 0 Å². The zero-order valence-corrected chi connectivity index (χ0v) is 28.4. The van der Waals surface area contributed by atoms with Gasteiger partial charge in [0.1, 0.15) is 23.7 Å². The van der Waals surface area contributed by atoms with E-state index in [0.717, 1.165) is 0 Å². The summed E-state index contributed by atoms with van der Waals surface area (Å²) in [4.78, 5) is 50.5. The Morgan fingerprint density at radius 1 is 0.596 bits per heavy atom. The maximum atomic E-state index is 12.8. The third-order valence-electron chi connectivity index (χ3n) is 8.35. The first-order valence-corrected chi connectivity index (χ1v) is 16.4. The van der Waals surface area contributed by atoms with Gasteiger partial charge in [-0.1, -0.05) is 36.4 Å². The van der Waals surface area contributed by atoms with Crippen LogP contribution in [0.1, 0.15) is 31.8 Å². The van der Waals surface area contributed by atoms with Gasteiger partial charge in [0.05, 0.1) is 27.4 Å². The van der Waals surface area contributed by atoms with Crippen LogP contribution in [-0.2, 0) is 28.5 Å². The lowest BCUT2D eigenvalue weighted by atomic mass is 10.1. The second kappa shape index (κ2) is 16.6. The molecule has 2 saturated heterocycles. The molecule has 0 saturated carbocycles. The minimum Gasteiger partial charge on any atom is -0.496 e. The molecule has 4 aromatic carbocycles. The SMILES string of the molecule is COc1cc(NC(=O)c2ccccc2)ccc1/C=C/C(=O)O[C@H]1CO[C@H]2[C@@H]1OC[C@H]2OC(=O)/C=C/c1ccc(NC(=O)c2ccccc2)cc1OC. The summed E-state index contributed by atoms with van der Waals surface area (Å²) < 4.78 is 33.8. The predicted molar refractivity (Wildman–Crippen MR) is 192 cm³/mol. The summed E-state index contributed by atoms with van der Waals surface area (Å²) in [5, 5.41) is 5.65. The molecule has 6 rings (SSSR count). The van der Waals surface area contributed by atoms with Crippen LogP contribution in [0, 0.1) is 0 Å². The number of nitrogens with one attached hydrogen (secondary N) is 2. The Morgan fingerprint density at radius 3 is 1.38 bits per heavy atom. The number of amides is 2. The number of hydrogen-bond donors (Lipinski definition) is 2. The van der Waals surface area contributed by atoms with E-state index in [1.165, 1.54) is 26.4 Å². The summed E-state index contributed by atoms with van der Waals surface area (Å²) in [5.74, 6) is -0.873. The van der Waals surface area contributed by atoms with Gasteiger partial charge in [-0.2, -0.15) is 0 Å². The molecule has 2 heterocycles. The summed E-state index contributed by atoms with van der Waals surface area (Å²) in [7, 11) is 2.98. The molecule has 2 aliphatic rings. The Labute approximate surface area is 299 Å². The van der Waals surface area contributed by atoms with Crippen LogP contribution >= 0.6 is 0 Å². The Morgan fingerprint density at radius 2 is 1.00 bits per heavy atom. The molecule has 0 bridgehead atoms. The number of anilines is 2. The monoisotopic (exact) mass is 704 g/mol. The largest absolute Gasteiger partial charge is 0.496 e. The van der Waals surface area contributed by atoms with E-state index in [1.807, 2.05) is 12.1 Å². The van der Waals surface area contributed by atoms with Gasteiger partial charge >= 0.3 is 11.9 Å². The van der Waals surface area contributed by atoms with E-state index in [1.54, 1.807) is 97.1 Å². The summed E-state index contributed by atoms with van der Waals surface area (Å²) in [6.45, 7) is 0.143. The number of carbonyl (C=O) groups excluding carboxylic acids is 4. The molecule has 2 amide bonds. The van der Waals surface area contributed by atoms with Crippen LogP contribution in [0.15, 0.2) is 109 Å². The van der Waals surface area contributed by atoms with Gasteiger partial charge in [0.25, 0.3) is 11.8 Å². The first kappa shape index (κ1) is 35.6. The highest BCUT2D eigenvalue weighted by molar-refractivity contribution is 6.05. The van der Waals surface area contributed by atoms with Gasteiger partial charge in [-0.05, 0) is 60.7 Å². The lowest BCUT2D eigenvalue weighted by molar-refractivity contribution is -0.149. The molecule has 2 aliphatic heterocycles. The number of hydrogen-bond acceptors (Lipinski definition) is 10. The van der Waals surface area contributed by atoms with E-state index < -0.39 is 36.4 Å². The number of esters is 2. The number of methoxy groups -OCH3 is 2. The highest BCUT2D eigenvalue weighted by Gasteiger charge is 2.51. The fraction of sp³-hybridized carbons (Fsp3) is 0.200. The van der Waals surface area contributed by atoms with Crippen LogP contribution in [0.25, 0.3) is 12.2 Å². The van der Waals surface area contributed by atoms with Gasteiger partial charge in [-0.15, -0.1) is 0 Å². The van der Waals surface area contributed by atoms with Crippen LogP contribution < -0.4 is 20.1 Å². The van der Waals surface area contributed by atoms with Crippen molar-refractivity contribution in [3.05, 3.63) is 131 Å². The quantitative estimate of drug-likeness (QED) is 0.142. The molecule has 0 unspecified atom stereocenters. The molecule has 12 nitrogen and oxygen atoms in total. The fourth-order valence-electron chi connectivity index (χ4n) is 5.76. The van der Waals surface area contributed by atoms with Crippen molar-refractivity contribution < 1.29 is 47.6 Å². The standard InChI is InChI=1S/C40H36N2O10/c1-47-31-21-29(41-39(45)27-9-5-3-6-10-27)17-13-25(31)15-19-35(43)51-33-23-49-38-34(24-50-37(33)38)52-36(44)20-16-26-14-18-30(22-32(26)48-2)42-40(46)28-11-7-4-8-12-28/h3-22,33-34,37-38H,23-24H2,1-2H3,(H,41,45)(H,42,46)/b19-15+,20-16+/t33-,34+,37-,38-/m1/s1. The second-order valence-corrected chi connectivity index (χ2v) is 11.8. The smallest absolute Gasteiger partial charge is 0.331 e. The minimum atomic E-state index is -0.705. The zero-order valence-electron chi connectivity index (χ0n) is 28.4. The van der Waals surface area contributed by atoms with Crippen LogP contribution in [0.5, 0.6) is 11.5 Å². The first-order valence-electron chi connectivity index (χ1n) is 16.4. The number of fused-ring (bicyclic) bond motifs is 1. The summed E-state index contributed by atoms with van der Waals surface area (Å²) >= 11 is 0. The second-order valence-electron chi connectivity index (χ2n) is 11.8. The third-order valence-corrected chi connectivity index (χ3v) is 8.35. The summed E-state index contributed by atoms with van der Waals surface area (Å²) in [6, 6.07) is 27.8. The van der Waals surface area contributed by atoms with Gasteiger partial charge in [0.15, 0.2) is 12.2 Å². The van der Waals surface area contributed by atoms with Crippen molar-refractivity contribution in [2.45, 2.75) is 24.4 Å². The number of benzene rings is 4. The van der Waals surface area contributed by atoms with Gasteiger partial charge in [0.2, 0.25) is 0 Å². The molecule has 0 spiro atoms. The molecule has 4 atom stereocenters. The molecular formula is C40H36N2O10. The van der Waals surface area contributed by atoms with Crippen molar-refractivity contribution >= 4 is 47.3 Å². The van der Waals surface area contributed by atoms with E-state index in [4.69, 9.17) is 28.4 Å². The average Bonchev–Trinajstić information content (AvgIpc) is 3.76. The fourth-order valence-corrected chi connectivity index (χ4v) is 5.76. The highest BCUT2D eigenvalue weighted by Crippen LogP contribution is 2.32. The molecule has 0 aliphatic carbocycles. The number of rotatable bonds is 12. The molecule has 12 heteroatoms. The van der Waals surface area contributed by atoms with Crippen molar-refractivity contribution in [2.24, 2.45) is 0 Å². The predicted octanol–water partition coefficient (Wildman–Crippen LogP) is 5.56. The average molecular weight is 705 g/mol. The Hall–Kier alpha value is -6.24. The number of ether oxygens (including phenoxy) is 6. The van der Waals surface area contributed by atoms with Crippen LogP contribution in [-0.4, -0.2) is 75.6 Å². The van der Waals surface area contributed by atoms with Crippen molar-refractivity contribution in [1.82, 2.24) is 0 Å². The number of carbonyl (C=O) groups is 4. The van der Waals surface area contributed by atoms with Crippen LogP contribution in [0.4, 0.5) is 11.4 Å². The highest BCUT2D eigenvalue weighted by atomic mass is 16.7. The minimum absolute atomic E-state index is 0.0717. The van der Waals surface area contributed by atoms with E-state index >= 15 is 0 Å². The van der Waals surface area contributed by atoms with Crippen molar-refractivity contribution in [3.63, 3.8) is 0 Å². The van der Waals surface area contributed by atoms with E-state index in [-0.39, 0.29) is 25.0 Å². The van der Waals surface area contributed by atoms with Gasteiger partial charge < -0.3 is 39.1 Å². The lowest BCUT2D eigenvalue weighted by Gasteiger charge is -2.16. The first-order chi connectivity index (χ1) is 25.3. The molecule has 0 radical (unpaired) electrons. The summed E-state index contributed by atoms with van der Waals surface area (Å²) in [5.41, 5.74) is 3.29. The topological polar surface area (TPSA) is 148 Å². The van der Waals surface area contributed by atoms with Crippen LogP contribution in [0.3, 0.4) is 0 Å². The van der Waals surface area contributed by atoms with E-state index in [9.17, 15) is 19.2 Å². The lowest BCUT2D eigenvalue weighted by Crippen LogP contribution is -2.35. The summed E-state index contributed by atoms with van der Waals surface area (Å²) in [6.07, 6.45) is 3.00. The Kier molecular flexibility index (Phi) is 11.4. The molecule has 52 heavy (non-hydrogen) atoms.